The van der Waals surface area contributed by atoms with Gasteiger partial charge in [0.2, 0.25) is 11.8 Å². The highest BCUT2D eigenvalue weighted by Crippen LogP contribution is 2.20. The van der Waals surface area contributed by atoms with Crippen molar-refractivity contribution in [3.05, 3.63) is 35.9 Å². The average Bonchev–Trinajstić information content (AvgIpc) is 2.73. The van der Waals surface area contributed by atoms with E-state index in [9.17, 15) is 14.7 Å². The van der Waals surface area contributed by atoms with E-state index in [4.69, 9.17) is 4.74 Å². The first-order valence-corrected chi connectivity index (χ1v) is 10.1. The van der Waals surface area contributed by atoms with Crippen molar-refractivity contribution in [3.8, 4) is 0 Å². The largest absolute Gasteiger partial charge is 0.388 e. The number of morpholine rings is 1. The van der Waals surface area contributed by atoms with Crippen molar-refractivity contribution < 1.29 is 19.4 Å². The number of aliphatic hydroxyl groups excluding tert-OH is 1. The molecule has 156 valence electrons. The van der Waals surface area contributed by atoms with E-state index >= 15 is 0 Å². The van der Waals surface area contributed by atoms with Crippen LogP contribution in [0.15, 0.2) is 30.3 Å². The average molecular weight is 392 g/mol. The molecule has 28 heavy (non-hydrogen) atoms. The lowest BCUT2D eigenvalue weighted by Gasteiger charge is -2.36. The van der Waals surface area contributed by atoms with Crippen molar-refractivity contribution in [1.82, 2.24) is 15.5 Å². The standard InChI is InChI=1S/C21H33N3O4/c1-4-15(2)22-20(26)16(3)21(27)23-19(24-10-12-28-13-11-24)14-18(25)17-8-6-5-7-9-17/h5-9,15-16,18-19,25H,4,10-14H2,1-3H3,(H,22,26)(H,23,27). The molecule has 1 saturated heterocycles. The Labute approximate surface area is 167 Å². The van der Waals surface area contributed by atoms with Gasteiger partial charge in [-0.2, -0.15) is 0 Å². The Morgan fingerprint density at radius 3 is 2.32 bits per heavy atom. The monoisotopic (exact) mass is 391 g/mol. The SMILES string of the molecule is CCC(C)NC(=O)C(C)C(=O)NC(CC(O)c1ccccc1)N1CCOCC1. The van der Waals surface area contributed by atoms with Crippen LogP contribution >= 0.6 is 0 Å². The van der Waals surface area contributed by atoms with Crippen LogP contribution in [0.3, 0.4) is 0 Å². The smallest absolute Gasteiger partial charge is 0.233 e. The van der Waals surface area contributed by atoms with Crippen LogP contribution in [0.2, 0.25) is 0 Å². The number of hydrogen-bond donors (Lipinski definition) is 3. The van der Waals surface area contributed by atoms with Crippen molar-refractivity contribution >= 4 is 11.8 Å². The zero-order valence-electron chi connectivity index (χ0n) is 17.1. The van der Waals surface area contributed by atoms with Gasteiger partial charge in [-0.1, -0.05) is 37.3 Å². The Bertz CT molecular complexity index is 619. The van der Waals surface area contributed by atoms with Crippen LogP contribution in [-0.4, -0.2) is 60.3 Å². The number of nitrogens with one attached hydrogen (secondary N) is 2. The fourth-order valence-corrected chi connectivity index (χ4v) is 3.09. The highest BCUT2D eigenvalue weighted by atomic mass is 16.5. The molecule has 4 unspecified atom stereocenters. The van der Waals surface area contributed by atoms with Crippen molar-refractivity contribution in [2.45, 2.75) is 51.9 Å². The summed E-state index contributed by atoms with van der Waals surface area (Å²) in [6.45, 7) is 8.00. The van der Waals surface area contributed by atoms with Gasteiger partial charge in [0.15, 0.2) is 0 Å². The third-order valence-electron chi connectivity index (χ3n) is 5.21. The quantitative estimate of drug-likeness (QED) is 0.554. The van der Waals surface area contributed by atoms with Gasteiger partial charge in [-0.15, -0.1) is 0 Å². The Morgan fingerprint density at radius 2 is 1.71 bits per heavy atom. The molecule has 0 spiro atoms. The number of carbonyl (C=O) groups is 2. The number of rotatable bonds is 9. The third-order valence-corrected chi connectivity index (χ3v) is 5.21. The summed E-state index contributed by atoms with van der Waals surface area (Å²) < 4.78 is 5.41. The zero-order valence-corrected chi connectivity index (χ0v) is 17.1. The fourth-order valence-electron chi connectivity index (χ4n) is 3.09. The van der Waals surface area contributed by atoms with E-state index in [2.05, 4.69) is 15.5 Å². The molecule has 2 amide bonds. The number of ether oxygens (including phenoxy) is 1. The molecule has 0 radical (unpaired) electrons. The molecule has 7 heteroatoms. The van der Waals surface area contributed by atoms with Crippen LogP contribution < -0.4 is 10.6 Å². The van der Waals surface area contributed by atoms with E-state index in [1.807, 2.05) is 44.2 Å². The van der Waals surface area contributed by atoms with Crippen LogP contribution in [-0.2, 0) is 14.3 Å². The molecule has 1 fully saturated rings. The summed E-state index contributed by atoms with van der Waals surface area (Å²) in [5.41, 5.74) is 0.803. The first-order chi connectivity index (χ1) is 13.4. The molecule has 0 bridgehead atoms. The van der Waals surface area contributed by atoms with Gasteiger partial charge >= 0.3 is 0 Å². The third kappa shape index (κ3) is 6.58. The van der Waals surface area contributed by atoms with Gasteiger partial charge < -0.3 is 20.5 Å². The predicted octanol–water partition coefficient (Wildman–Crippen LogP) is 1.44. The molecule has 0 aromatic heterocycles. The topological polar surface area (TPSA) is 90.9 Å². The Morgan fingerprint density at radius 1 is 1.11 bits per heavy atom. The summed E-state index contributed by atoms with van der Waals surface area (Å²) in [6, 6.07) is 9.41. The first-order valence-electron chi connectivity index (χ1n) is 10.1. The van der Waals surface area contributed by atoms with Gasteiger partial charge in [0, 0.05) is 25.6 Å². The van der Waals surface area contributed by atoms with Gasteiger partial charge in [0.05, 0.1) is 25.5 Å². The molecule has 4 atom stereocenters. The van der Waals surface area contributed by atoms with E-state index in [-0.39, 0.29) is 24.0 Å². The molecule has 1 aliphatic heterocycles. The van der Waals surface area contributed by atoms with Gasteiger partial charge in [-0.05, 0) is 25.8 Å². The Kier molecular flexibility index (Phi) is 8.89. The maximum absolute atomic E-state index is 12.7. The summed E-state index contributed by atoms with van der Waals surface area (Å²) in [6.07, 6.45) is 0.0684. The summed E-state index contributed by atoms with van der Waals surface area (Å²) in [5, 5.41) is 16.5. The van der Waals surface area contributed by atoms with Gasteiger partial charge in [0.1, 0.15) is 5.92 Å². The lowest BCUT2D eigenvalue weighted by atomic mass is 10.0. The van der Waals surface area contributed by atoms with Crippen molar-refractivity contribution in [2.24, 2.45) is 5.92 Å². The molecule has 0 saturated carbocycles. The normalized spacial score (nSPS) is 19.3. The van der Waals surface area contributed by atoms with Crippen LogP contribution in [0.4, 0.5) is 0 Å². The maximum atomic E-state index is 12.7. The second-order valence-corrected chi connectivity index (χ2v) is 7.37. The second kappa shape index (κ2) is 11.1. The van der Waals surface area contributed by atoms with Crippen LogP contribution in [0.25, 0.3) is 0 Å². The van der Waals surface area contributed by atoms with Gasteiger partial charge in [-0.25, -0.2) is 0 Å². The minimum absolute atomic E-state index is 0.0256. The molecule has 1 aromatic carbocycles. The molecule has 3 N–H and O–H groups in total. The molecule has 2 rings (SSSR count). The van der Waals surface area contributed by atoms with Crippen LogP contribution in [0, 0.1) is 5.92 Å². The van der Waals surface area contributed by atoms with Crippen molar-refractivity contribution in [3.63, 3.8) is 0 Å². The number of nitrogens with zero attached hydrogens (tertiary/aromatic N) is 1. The van der Waals surface area contributed by atoms with Crippen LogP contribution in [0.1, 0.15) is 45.3 Å². The lowest BCUT2D eigenvalue weighted by molar-refractivity contribution is -0.136. The molecular formula is C21H33N3O4. The van der Waals surface area contributed by atoms with Gasteiger partial charge in [0.25, 0.3) is 0 Å². The number of benzene rings is 1. The van der Waals surface area contributed by atoms with E-state index in [0.717, 1.165) is 12.0 Å². The summed E-state index contributed by atoms with van der Waals surface area (Å²) in [7, 11) is 0. The number of amides is 2. The van der Waals surface area contributed by atoms with Crippen molar-refractivity contribution in [1.29, 1.82) is 0 Å². The minimum Gasteiger partial charge on any atom is -0.388 e. The predicted molar refractivity (Wildman–Crippen MR) is 107 cm³/mol. The fraction of sp³-hybridized carbons (Fsp3) is 0.619. The Hall–Kier alpha value is -1.96. The molecule has 7 nitrogen and oxygen atoms in total. The molecule has 1 aromatic rings. The summed E-state index contributed by atoms with van der Waals surface area (Å²) >= 11 is 0. The minimum atomic E-state index is -0.800. The number of carbonyl (C=O) groups excluding carboxylic acids is 2. The number of hydrogen-bond acceptors (Lipinski definition) is 5. The molecular weight excluding hydrogens is 358 g/mol. The number of aliphatic hydroxyl groups is 1. The van der Waals surface area contributed by atoms with E-state index < -0.39 is 12.0 Å². The summed E-state index contributed by atoms with van der Waals surface area (Å²) in [5.74, 6) is -1.42. The van der Waals surface area contributed by atoms with Crippen LogP contribution in [0.5, 0.6) is 0 Å². The lowest BCUT2D eigenvalue weighted by Crippen LogP contribution is -2.55. The zero-order chi connectivity index (χ0) is 20.5. The highest BCUT2D eigenvalue weighted by molar-refractivity contribution is 6.00. The highest BCUT2D eigenvalue weighted by Gasteiger charge is 2.29. The molecule has 1 aliphatic rings. The van der Waals surface area contributed by atoms with E-state index in [1.54, 1.807) is 6.92 Å². The first kappa shape index (κ1) is 22.3. The molecule has 1 heterocycles. The van der Waals surface area contributed by atoms with E-state index in [0.29, 0.717) is 32.7 Å². The van der Waals surface area contributed by atoms with E-state index in [1.165, 1.54) is 0 Å². The maximum Gasteiger partial charge on any atom is 0.233 e. The molecule has 0 aliphatic carbocycles. The second-order valence-electron chi connectivity index (χ2n) is 7.37. The van der Waals surface area contributed by atoms with Gasteiger partial charge in [-0.3, -0.25) is 14.5 Å². The Balaban J connectivity index is 2.04. The van der Waals surface area contributed by atoms with Crippen molar-refractivity contribution in [2.75, 3.05) is 26.3 Å². The summed E-state index contributed by atoms with van der Waals surface area (Å²) in [4.78, 5) is 27.1.